The first kappa shape index (κ1) is 9.53. The smallest absolute Gasteiger partial charge is 0.0194 e. The van der Waals surface area contributed by atoms with Crippen LogP contribution >= 0.6 is 0 Å². The summed E-state index contributed by atoms with van der Waals surface area (Å²) >= 11 is 0. The van der Waals surface area contributed by atoms with Gasteiger partial charge in [0.1, 0.15) is 0 Å². The maximum Gasteiger partial charge on any atom is 0.0194 e. The number of hydrogen-bond acceptors (Lipinski definition) is 1. The average molecular weight is 190 g/mol. The van der Waals surface area contributed by atoms with Gasteiger partial charge >= 0.3 is 0 Å². The molecule has 0 spiro atoms. The van der Waals surface area contributed by atoms with Crippen LogP contribution in [0.1, 0.15) is 23.2 Å². The van der Waals surface area contributed by atoms with Gasteiger partial charge in [0.05, 0.1) is 0 Å². The first-order chi connectivity index (χ1) is 6.68. The van der Waals surface area contributed by atoms with Crippen LogP contribution in [0, 0.1) is 13.8 Å². The largest absolute Gasteiger partial charge is 0.364 e. The molecule has 0 unspecified atom stereocenters. The van der Waals surface area contributed by atoms with Crippen molar-refractivity contribution < 1.29 is 0 Å². The van der Waals surface area contributed by atoms with Crippen LogP contribution in [0.5, 0.6) is 0 Å². The highest BCUT2D eigenvalue weighted by Crippen LogP contribution is 2.27. The van der Waals surface area contributed by atoms with E-state index in [1.807, 2.05) is 0 Å². The zero-order valence-corrected chi connectivity index (χ0v) is 9.22. The van der Waals surface area contributed by atoms with Gasteiger partial charge < -0.3 is 9.88 Å². The minimum atomic E-state index is 1.08. The van der Waals surface area contributed by atoms with E-state index in [0.29, 0.717) is 0 Å². The molecule has 2 heteroatoms. The Morgan fingerprint density at radius 2 is 2.14 bits per heavy atom. The van der Waals surface area contributed by atoms with Crippen molar-refractivity contribution in [3.63, 3.8) is 0 Å². The Morgan fingerprint density at radius 1 is 1.36 bits per heavy atom. The fraction of sp³-hybridized carbons (Fsp3) is 0.500. The molecule has 0 atom stereocenters. The van der Waals surface area contributed by atoms with Gasteiger partial charge in [-0.15, -0.1) is 0 Å². The van der Waals surface area contributed by atoms with E-state index < -0.39 is 0 Å². The fourth-order valence-corrected chi connectivity index (χ4v) is 2.15. The van der Waals surface area contributed by atoms with Gasteiger partial charge in [0.15, 0.2) is 0 Å². The standard InChI is InChI=1S/C12H18N2/c1-9-8-13-10(2)12(9)11-4-6-14(3)7-5-11/h4,8,13H,5-7H2,1-3H3. The molecule has 1 N–H and O–H groups in total. The minimum absolute atomic E-state index is 1.08. The number of aromatic amines is 1. The number of hydrogen-bond donors (Lipinski definition) is 1. The predicted molar refractivity (Wildman–Crippen MR) is 60.4 cm³/mol. The number of rotatable bonds is 1. The molecule has 1 aliphatic heterocycles. The average Bonchev–Trinajstić information content (AvgIpc) is 2.49. The molecule has 0 saturated carbocycles. The molecule has 0 saturated heterocycles. The van der Waals surface area contributed by atoms with Crippen molar-refractivity contribution in [1.29, 1.82) is 0 Å². The number of aryl methyl sites for hydroxylation is 2. The normalized spacial score (nSPS) is 18.4. The van der Waals surface area contributed by atoms with Gasteiger partial charge in [-0.25, -0.2) is 0 Å². The third-order valence-corrected chi connectivity index (χ3v) is 3.01. The second kappa shape index (κ2) is 3.62. The lowest BCUT2D eigenvalue weighted by atomic mass is 9.97. The molecule has 2 rings (SSSR count). The summed E-state index contributed by atoms with van der Waals surface area (Å²) in [5.74, 6) is 0. The Kier molecular flexibility index (Phi) is 2.46. The summed E-state index contributed by atoms with van der Waals surface area (Å²) in [6.45, 7) is 6.59. The highest BCUT2D eigenvalue weighted by molar-refractivity contribution is 5.70. The number of H-pyrrole nitrogens is 1. The maximum atomic E-state index is 3.29. The lowest BCUT2D eigenvalue weighted by molar-refractivity contribution is 0.370. The van der Waals surface area contributed by atoms with Crippen LogP contribution in [-0.4, -0.2) is 30.0 Å². The highest BCUT2D eigenvalue weighted by atomic mass is 15.1. The van der Waals surface area contributed by atoms with Crippen molar-refractivity contribution >= 4 is 5.57 Å². The molecule has 0 fully saturated rings. The first-order valence-electron chi connectivity index (χ1n) is 5.21. The van der Waals surface area contributed by atoms with Crippen LogP contribution in [0.4, 0.5) is 0 Å². The second-order valence-electron chi connectivity index (χ2n) is 4.21. The van der Waals surface area contributed by atoms with Crippen molar-refractivity contribution in [3.8, 4) is 0 Å². The van der Waals surface area contributed by atoms with E-state index in [9.17, 15) is 0 Å². The van der Waals surface area contributed by atoms with E-state index in [2.05, 4.69) is 43.1 Å². The Balaban J connectivity index is 2.32. The van der Waals surface area contributed by atoms with Crippen LogP contribution in [0.2, 0.25) is 0 Å². The molecule has 2 heterocycles. The van der Waals surface area contributed by atoms with Gasteiger partial charge in [-0.2, -0.15) is 0 Å². The molecule has 14 heavy (non-hydrogen) atoms. The summed E-state index contributed by atoms with van der Waals surface area (Å²) in [5.41, 5.74) is 5.63. The van der Waals surface area contributed by atoms with Crippen molar-refractivity contribution in [2.45, 2.75) is 20.3 Å². The van der Waals surface area contributed by atoms with Gasteiger partial charge in [0.25, 0.3) is 0 Å². The van der Waals surface area contributed by atoms with E-state index in [1.54, 1.807) is 0 Å². The molecule has 0 aromatic carbocycles. The zero-order chi connectivity index (χ0) is 10.1. The SMILES string of the molecule is Cc1c[nH]c(C)c1C1=CCN(C)CC1. The van der Waals surface area contributed by atoms with Crippen molar-refractivity contribution in [2.24, 2.45) is 0 Å². The second-order valence-corrected chi connectivity index (χ2v) is 4.21. The van der Waals surface area contributed by atoms with E-state index in [0.717, 1.165) is 6.54 Å². The lowest BCUT2D eigenvalue weighted by Gasteiger charge is -2.22. The molecular weight excluding hydrogens is 172 g/mol. The number of nitrogens with one attached hydrogen (secondary N) is 1. The van der Waals surface area contributed by atoms with Gasteiger partial charge in [-0.05, 0) is 38.5 Å². The van der Waals surface area contributed by atoms with Crippen LogP contribution in [0.25, 0.3) is 5.57 Å². The summed E-state index contributed by atoms with van der Waals surface area (Å²) in [4.78, 5) is 5.64. The van der Waals surface area contributed by atoms with Gasteiger partial charge in [-0.1, -0.05) is 6.08 Å². The third kappa shape index (κ3) is 1.62. The Labute approximate surface area is 85.6 Å². The van der Waals surface area contributed by atoms with Crippen LogP contribution < -0.4 is 0 Å². The van der Waals surface area contributed by atoms with Crippen molar-refractivity contribution in [1.82, 2.24) is 9.88 Å². The summed E-state index contributed by atoms with van der Waals surface area (Å²) < 4.78 is 0. The molecule has 1 aromatic heterocycles. The minimum Gasteiger partial charge on any atom is -0.364 e. The molecule has 0 radical (unpaired) electrons. The molecule has 0 amide bonds. The molecule has 76 valence electrons. The maximum absolute atomic E-state index is 3.29. The van der Waals surface area contributed by atoms with E-state index in [1.165, 1.54) is 35.4 Å². The Morgan fingerprint density at radius 3 is 2.64 bits per heavy atom. The first-order valence-corrected chi connectivity index (χ1v) is 5.21. The molecule has 0 bridgehead atoms. The van der Waals surface area contributed by atoms with Crippen LogP contribution in [0.3, 0.4) is 0 Å². The van der Waals surface area contributed by atoms with E-state index in [4.69, 9.17) is 0 Å². The summed E-state index contributed by atoms with van der Waals surface area (Å²) in [6, 6.07) is 0. The van der Waals surface area contributed by atoms with Gasteiger partial charge in [0.2, 0.25) is 0 Å². The van der Waals surface area contributed by atoms with E-state index >= 15 is 0 Å². The lowest BCUT2D eigenvalue weighted by Crippen LogP contribution is -2.23. The van der Waals surface area contributed by atoms with Gasteiger partial charge in [-0.3, -0.25) is 0 Å². The van der Waals surface area contributed by atoms with Gasteiger partial charge in [0, 0.05) is 30.5 Å². The molecule has 1 aromatic rings. The van der Waals surface area contributed by atoms with Crippen molar-refractivity contribution in [3.05, 3.63) is 29.1 Å². The molecule has 2 nitrogen and oxygen atoms in total. The predicted octanol–water partition coefficient (Wildman–Crippen LogP) is 2.35. The number of aromatic nitrogens is 1. The summed E-state index contributed by atoms with van der Waals surface area (Å²) in [5, 5.41) is 0. The summed E-state index contributed by atoms with van der Waals surface area (Å²) in [6.07, 6.45) is 5.63. The number of likely N-dealkylation sites (N-methyl/N-ethyl adjacent to an activating group) is 1. The highest BCUT2D eigenvalue weighted by Gasteiger charge is 2.13. The van der Waals surface area contributed by atoms with Crippen LogP contribution in [-0.2, 0) is 0 Å². The fourth-order valence-electron chi connectivity index (χ4n) is 2.15. The molecular formula is C12H18N2. The van der Waals surface area contributed by atoms with Crippen molar-refractivity contribution in [2.75, 3.05) is 20.1 Å². The number of nitrogens with zero attached hydrogens (tertiary/aromatic N) is 1. The Hall–Kier alpha value is -1.02. The molecule has 1 aliphatic rings. The molecule has 0 aliphatic carbocycles. The summed E-state index contributed by atoms with van der Waals surface area (Å²) in [7, 11) is 2.17. The van der Waals surface area contributed by atoms with Crippen LogP contribution in [0.15, 0.2) is 12.3 Å². The third-order valence-electron chi connectivity index (χ3n) is 3.01. The monoisotopic (exact) mass is 190 g/mol. The van der Waals surface area contributed by atoms with E-state index in [-0.39, 0.29) is 0 Å². The zero-order valence-electron chi connectivity index (χ0n) is 9.22. The quantitative estimate of drug-likeness (QED) is 0.720. The Bertz CT molecular complexity index is 341. The topological polar surface area (TPSA) is 19.0 Å².